The van der Waals surface area contributed by atoms with Crippen LogP contribution in [0.1, 0.15) is 24.8 Å². The molecule has 5 heteroatoms. The van der Waals surface area contributed by atoms with Gasteiger partial charge in [-0.25, -0.2) is 0 Å². The number of carbonyl (C=O) groups is 1. The monoisotopic (exact) mass is 273 g/mol. The maximum Gasteiger partial charge on any atom is 0.153 e. The van der Waals surface area contributed by atoms with Gasteiger partial charge in [-0.1, -0.05) is 12.1 Å². The van der Waals surface area contributed by atoms with Crippen LogP contribution in [-0.2, 0) is 9.53 Å². The van der Waals surface area contributed by atoms with Crippen molar-refractivity contribution in [2.45, 2.75) is 25.5 Å². The van der Waals surface area contributed by atoms with Gasteiger partial charge in [0.05, 0.1) is 11.3 Å². The average molecular weight is 273 g/mol. The highest BCUT2D eigenvalue weighted by Gasteiger charge is 2.11. The number of nitrogens with zero attached hydrogens (tertiary/aromatic N) is 1. The molecule has 1 unspecified atom stereocenters. The van der Waals surface area contributed by atoms with E-state index < -0.39 is 0 Å². The van der Waals surface area contributed by atoms with Crippen LogP contribution in [0.4, 0.5) is 5.69 Å². The molecule has 0 spiro atoms. The molecule has 1 aromatic rings. The number of nitrogens with two attached hydrogens (primary N) is 2. The van der Waals surface area contributed by atoms with Crippen LogP contribution >= 0.6 is 0 Å². The lowest BCUT2D eigenvalue weighted by molar-refractivity contribution is -0.104. The molecular weight excluding hydrogens is 254 g/mol. The zero-order valence-corrected chi connectivity index (χ0v) is 11.3. The molecule has 0 radical (unpaired) electrons. The summed E-state index contributed by atoms with van der Waals surface area (Å²) in [6, 6.07) is 7.04. The third-order valence-electron chi connectivity index (χ3n) is 3.20. The number of benzene rings is 1. The molecule has 1 atom stereocenters. The largest absolute Gasteiger partial charge is 0.399 e. The summed E-state index contributed by atoms with van der Waals surface area (Å²) < 4.78 is 5.48. The quantitative estimate of drug-likeness (QED) is 0.378. The van der Waals surface area contributed by atoms with Gasteiger partial charge in [0, 0.05) is 18.5 Å². The van der Waals surface area contributed by atoms with Gasteiger partial charge in [-0.05, 0) is 37.0 Å². The van der Waals surface area contributed by atoms with E-state index in [2.05, 4.69) is 4.99 Å². The van der Waals surface area contributed by atoms with E-state index in [9.17, 15) is 4.79 Å². The van der Waals surface area contributed by atoms with E-state index in [4.69, 9.17) is 16.2 Å². The third kappa shape index (κ3) is 3.68. The van der Waals surface area contributed by atoms with E-state index in [1.54, 1.807) is 24.3 Å². The van der Waals surface area contributed by atoms with Crippen LogP contribution in [0.5, 0.6) is 0 Å². The van der Waals surface area contributed by atoms with Crippen molar-refractivity contribution in [2.24, 2.45) is 10.7 Å². The summed E-state index contributed by atoms with van der Waals surface area (Å²) in [5, 5.41) is 0. The molecular formula is C15H19N3O2. The van der Waals surface area contributed by atoms with Crippen LogP contribution in [0.3, 0.4) is 0 Å². The number of ether oxygens (including phenoxy) is 1. The number of anilines is 1. The van der Waals surface area contributed by atoms with Gasteiger partial charge >= 0.3 is 0 Å². The molecule has 0 saturated carbocycles. The van der Waals surface area contributed by atoms with Gasteiger partial charge < -0.3 is 16.2 Å². The van der Waals surface area contributed by atoms with Crippen molar-refractivity contribution < 1.29 is 9.53 Å². The van der Waals surface area contributed by atoms with Crippen LogP contribution in [0.2, 0.25) is 0 Å². The Labute approximate surface area is 118 Å². The second kappa shape index (κ2) is 6.86. The van der Waals surface area contributed by atoms with Gasteiger partial charge in [-0.3, -0.25) is 9.79 Å². The molecule has 1 saturated heterocycles. The molecule has 0 aliphatic carbocycles. The smallest absolute Gasteiger partial charge is 0.153 e. The molecule has 0 bridgehead atoms. The van der Waals surface area contributed by atoms with E-state index in [1.165, 1.54) is 6.21 Å². The Morgan fingerprint density at radius 2 is 2.05 bits per heavy atom. The summed E-state index contributed by atoms with van der Waals surface area (Å²) in [5.74, 6) is 0. The lowest BCUT2D eigenvalue weighted by Gasteiger charge is -2.18. The topological polar surface area (TPSA) is 90.7 Å². The molecule has 106 valence electrons. The maximum atomic E-state index is 11.2. The number of rotatable bonds is 4. The van der Waals surface area contributed by atoms with E-state index >= 15 is 0 Å². The molecule has 1 aromatic carbocycles. The molecule has 1 heterocycles. The van der Waals surface area contributed by atoms with Crippen LogP contribution < -0.4 is 11.5 Å². The van der Waals surface area contributed by atoms with Gasteiger partial charge in [0.2, 0.25) is 0 Å². The summed E-state index contributed by atoms with van der Waals surface area (Å²) in [4.78, 5) is 15.4. The van der Waals surface area contributed by atoms with Gasteiger partial charge in [0.15, 0.2) is 6.29 Å². The first-order valence-electron chi connectivity index (χ1n) is 6.66. The molecule has 20 heavy (non-hydrogen) atoms. The second-order valence-electron chi connectivity index (χ2n) is 4.71. The second-order valence-corrected chi connectivity index (χ2v) is 4.71. The zero-order chi connectivity index (χ0) is 14.4. The SMILES string of the molecule is NC(=C(C=O)C=NC1CCCCO1)c1ccc(N)cc1. The first-order chi connectivity index (χ1) is 9.70. The highest BCUT2D eigenvalue weighted by atomic mass is 16.5. The number of nitrogen functional groups attached to an aromatic ring is 1. The van der Waals surface area contributed by atoms with Crippen LogP contribution in [-0.4, -0.2) is 25.3 Å². The van der Waals surface area contributed by atoms with Crippen molar-refractivity contribution >= 4 is 23.9 Å². The molecule has 1 aliphatic heterocycles. The first-order valence-corrected chi connectivity index (χ1v) is 6.66. The Hall–Kier alpha value is -2.14. The lowest BCUT2D eigenvalue weighted by atomic mass is 10.1. The van der Waals surface area contributed by atoms with Crippen molar-refractivity contribution in [3.05, 3.63) is 35.4 Å². The molecule has 4 N–H and O–H groups in total. The Kier molecular flexibility index (Phi) is 4.90. The van der Waals surface area contributed by atoms with Crippen molar-refractivity contribution in [2.75, 3.05) is 12.3 Å². The number of allylic oxidation sites excluding steroid dienone is 1. The predicted molar refractivity (Wildman–Crippen MR) is 80.1 cm³/mol. The van der Waals surface area contributed by atoms with Gasteiger partial charge in [0.25, 0.3) is 0 Å². The number of hydrogen-bond acceptors (Lipinski definition) is 5. The molecule has 0 amide bonds. The first kappa shape index (κ1) is 14.3. The summed E-state index contributed by atoms with van der Waals surface area (Å²) in [6.07, 6.45) is 5.07. The Morgan fingerprint density at radius 3 is 2.65 bits per heavy atom. The molecule has 1 fully saturated rings. The zero-order valence-electron chi connectivity index (χ0n) is 11.3. The maximum absolute atomic E-state index is 11.2. The number of aliphatic imine (C=N–C) groups is 1. The summed E-state index contributed by atoms with van der Waals surface area (Å²) in [7, 11) is 0. The fourth-order valence-corrected chi connectivity index (χ4v) is 2.00. The standard InChI is InChI=1S/C15H19N3O2/c16-13-6-4-11(5-7-13)15(17)12(10-19)9-18-14-3-1-2-8-20-14/h4-7,9-10,14H,1-3,8,16-17H2. The van der Waals surface area contributed by atoms with Crippen LogP contribution in [0.25, 0.3) is 5.70 Å². The fraction of sp³-hybridized carbons (Fsp3) is 0.333. The Morgan fingerprint density at radius 1 is 1.30 bits per heavy atom. The van der Waals surface area contributed by atoms with Crippen LogP contribution in [0, 0.1) is 0 Å². The van der Waals surface area contributed by atoms with Crippen molar-refractivity contribution in [3.63, 3.8) is 0 Å². The van der Waals surface area contributed by atoms with Crippen molar-refractivity contribution in [1.82, 2.24) is 0 Å². The minimum absolute atomic E-state index is 0.169. The van der Waals surface area contributed by atoms with E-state index in [0.717, 1.165) is 31.4 Å². The summed E-state index contributed by atoms with van der Waals surface area (Å²) in [6.45, 7) is 0.718. The predicted octanol–water partition coefficient (Wildman–Crippen LogP) is 1.73. The average Bonchev–Trinajstić information content (AvgIpc) is 2.49. The normalized spacial score (nSPS) is 20.7. The van der Waals surface area contributed by atoms with Gasteiger partial charge in [-0.15, -0.1) is 0 Å². The minimum Gasteiger partial charge on any atom is -0.399 e. The fourth-order valence-electron chi connectivity index (χ4n) is 2.00. The third-order valence-corrected chi connectivity index (χ3v) is 3.20. The highest BCUT2D eigenvalue weighted by Crippen LogP contribution is 2.16. The lowest BCUT2D eigenvalue weighted by Crippen LogP contribution is -2.17. The van der Waals surface area contributed by atoms with Crippen LogP contribution in [0.15, 0.2) is 34.8 Å². The molecule has 5 nitrogen and oxygen atoms in total. The molecule has 2 rings (SSSR count). The van der Waals surface area contributed by atoms with E-state index in [-0.39, 0.29) is 6.23 Å². The summed E-state index contributed by atoms with van der Waals surface area (Å²) in [5.41, 5.74) is 13.8. The van der Waals surface area contributed by atoms with Crippen molar-refractivity contribution in [1.29, 1.82) is 0 Å². The minimum atomic E-state index is -0.169. The number of carbonyl (C=O) groups excluding carboxylic acids is 1. The Bertz CT molecular complexity index is 514. The van der Waals surface area contributed by atoms with E-state index in [1.807, 2.05) is 0 Å². The molecule has 0 aromatic heterocycles. The van der Waals surface area contributed by atoms with Gasteiger partial charge in [-0.2, -0.15) is 0 Å². The van der Waals surface area contributed by atoms with Gasteiger partial charge in [0.1, 0.15) is 6.23 Å². The highest BCUT2D eigenvalue weighted by molar-refractivity contribution is 6.09. The summed E-state index contributed by atoms with van der Waals surface area (Å²) >= 11 is 0. The number of aldehydes is 1. The van der Waals surface area contributed by atoms with E-state index in [0.29, 0.717) is 23.2 Å². The van der Waals surface area contributed by atoms with Crippen molar-refractivity contribution in [3.8, 4) is 0 Å². The number of hydrogen-bond donors (Lipinski definition) is 2. The Balaban J connectivity index is 2.16. The molecule has 1 aliphatic rings.